The highest BCUT2D eigenvalue weighted by atomic mass is 32.1. The maximum atomic E-state index is 13.7. The molecule has 2 amide bonds. The molecule has 1 aromatic heterocycles. The van der Waals surface area contributed by atoms with Gasteiger partial charge in [-0.2, -0.15) is 0 Å². The summed E-state index contributed by atoms with van der Waals surface area (Å²) in [7, 11) is 3.24. The maximum absolute atomic E-state index is 13.7. The number of nitrogens with zero attached hydrogens (tertiary/aromatic N) is 2. The van der Waals surface area contributed by atoms with E-state index in [0.29, 0.717) is 49.8 Å². The fourth-order valence-corrected chi connectivity index (χ4v) is 5.38. The highest BCUT2D eigenvalue weighted by Gasteiger charge is 2.33. The average Bonchev–Trinajstić information content (AvgIpc) is 3.40. The summed E-state index contributed by atoms with van der Waals surface area (Å²) in [6.45, 7) is 1.84. The van der Waals surface area contributed by atoms with Gasteiger partial charge in [-0.25, -0.2) is 0 Å². The predicted molar refractivity (Wildman–Crippen MR) is 140 cm³/mol. The molecule has 0 aliphatic carbocycles. The molecular weight excluding hydrogens is 476 g/mol. The van der Waals surface area contributed by atoms with Gasteiger partial charge in [-0.3, -0.25) is 9.59 Å². The van der Waals surface area contributed by atoms with E-state index in [4.69, 9.17) is 14.2 Å². The number of thiophene rings is 1. The van der Waals surface area contributed by atoms with E-state index in [1.54, 1.807) is 42.6 Å². The molecule has 1 aliphatic heterocycles. The first-order valence-electron chi connectivity index (χ1n) is 12.1. The zero-order valence-corrected chi connectivity index (χ0v) is 21.5. The van der Waals surface area contributed by atoms with Crippen molar-refractivity contribution >= 4 is 23.2 Å². The van der Waals surface area contributed by atoms with Crippen LogP contribution >= 0.6 is 11.3 Å². The Morgan fingerprint density at radius 2 is 1.78 bits per heavy atom. The summed E-state index contributed by atoms with van der Waals surface area (Å²) in [5.41, 5.74) is 1.67. The van der Waals surface area contributed by atoms with Gasteiger partial charge in [0, 0.05) is 37.2 Å². The minimum atomic E-state index is -0.245. The summed E-state index contributed by atoms with van der Waals surface area (Å²) in [4.78, 5) is 31.7. The van der Waals surface area contributed by atoms with Gasteiger partial charge < -0.3 is 24.0 Å². The van der Waals surface area contributed by atoms with Crippen molar-refractivity contribution in [3.63, 3.8) is 0 Å². The molecule has 3 aromatic rings. The number of hydrogen-bond donors (Lipinski definition) is 0. The second kappa shape index (κ2) is 12.6. The van der Waals surface area contributed by atoms with Gasteiger partial charge in [-0.15, -0.1) is 11.3 Å². The van der Waals surface area contributed by atoms with E-state index in [2.05, 4.69) is 11.4 Å². The zero-order chi connectivity index (χ0) is 25.3. The Morgan fingerprint density at radius 1 is 1.03 bits per heavy atom. The first-order valence-corrected chi connectivity index (χ1v) is 12.9. The Kier molecular flexibility index (Phi) is 8.97. The van der Waals surface area contributed by atoms with Crippen LogP contribution in [-0.4, -0.2) is 68.7 Å². The fraction of sp³-hybridized carbons (Fsp3) is 0.357. The molecule has 190 valence electrons. The Labute approximate surface area is 216 Å². The number of carbonyl (C=O) groups is 2. The van der Waals surface area contributed by atoms with Crippen LogP contribution in [0.4, 0.5) is 0 Å². The first kappa shape index (κ1) is 25.7. The lowest BCUT2D eigenvalue weighted by molar-refractivity contribution is -0.135. The molecule has 0 spiro atoms. The zero-order valence-electron chi connectivity index (χ0n) is 20.7. The summed E-state index contributed by atoms with van der Waals surface area (Å²) < 4.78 is 16.8. The Morgan fingerprint density at radius 3 is 2.53 bits per heavy atom. The van der Waals surface area contributed by atoms with Crippen LogP contribution in [0.3, 0.4) is 0 Å². The van der Waals surface area contributed by atoms with Crippen LogP contribution in [-0.2, 0) is 16.0 Å². The SMILES string of the molecule is COCCCN(CC(=O)N1CCc2sccc2[C@H]1COc1ccccc1OC)C(=O)c1ccccc1. The summed E-state index contributed by atoms with van der Waals surface area (Å²) in [5, 5.41) is 2.06. The molecule has 0 bridgehead atoms. The van der Waals surface area contributed by atoms with Crippen molar-refractivity contribution in [1.29, 1.82) is 0 Å². The molecule has 1 aliphatic rings. The molecule has 2 aromatic carbocycles. The molecule has 7 nitrogen and oxygen atoms in total. The minimum Gasteiger partial charge on any atom is -0.493 e. The van der Waals surface area contributed by atoms with E-state index in [-0.39, 0.29) is 24.4 Å². The van der Waals surface area contributed by atoms with Crippen molar-refractivity contribution in [2.75, 3.05) is 47.1 Å². The molecule has 8 heteroatoms. The van der Waals surface area contributed by atoms with Crippen molar-refractivity contribution in [2.45, 2.75) is 18.9 Å². The number of benzene rings is 2. The van der Waals surface area contributed by atoms with E-state index in [1.165, 1.54) is 4.88 Å². The molecule has 1 atom stereocenters. The Hall–Kier alpha value is -3.36. The third-order valence-corrected chi connectivity index (χ3v) is 7.29. The van der Waals surface area contributed by atoms with Crippen LogP contribution in [0, 0.1) is 0 Å². The van der Waals surface area contributed by atoms with E-state index in [1.807, 2.05) is 47.4 Å². The normalized spacial score (nSPS) is 14.7. The van der Waals surface area contributed by atoms with Gasteiger partial charge in [-0.05, 0) is 54.1 Å². The topological polar surface area (TPSA) is 68.3 Å². The fourth-order valence-electron chi connectivity index (χ4n) is 4.45. The van der Waals surface area contributed by atoms with Crippen molar-refractivity contribution in [2.24, 2.45) is 0 Å². The largest absolute Gasteiger partial charge is 0.493 e. The lowest BCUT2D eigenvalue weighted by atomic mass is 10.0. The summed E-state index contributed by atoms with van der Waals surface area (Å²) in [6, 6.07) is 18.4. The number of para-hydroxylation sites is 2. The monoisotopic (exact) mass is 508 g/mol. The standard InChI is InChI=1S/C28H32N2O5S/c1-33-17-8-15-29(28(32)21-9-4-3-5-10-21)19-27(31)30-16-13-26-22(14-18-36-26)23(30)20-35-25-12-7-6-11-24(25)34-2/h3-7,9-12,14,18,23H,8,13,15-17,19-20H2,1-2H3/t23-/m1/s1. The number of fused-ring (bicyclic) bond motifs is 1. The molecule has 0 unspecified atom stereocenters. The van der Waals surface area contributed by atoms with Crippen molar-refractivity contribution < 1.29 is 23.8 Å². The smallest absolute Gasteiger partial charge is 0.254 e. The molecule has 0 radical (unpaired) electrons. The molecule has 36 heavy (non-hydrogen) atoms. The van der Waals surface area contributed by atoms with Gasteiger partial charge in [0.25, 0.3) is 5.91 Å². The van der Waals surface area contributed by atoms with Crippen molar-refractivity contribution in [3.8, 4) is 11.5 Å². The van der Waals surface area contributed by atoms with Gasteiger partial charge in [0.2, 0.25) is 5.91 Å². The van der Waals surface area contributed by atoms with Crippen LogP contribution in [0.2, 0.25) is 0 Å². The molecule has 0 N–H and O–H groups in total. The highest BCUT2D eigenvalue weighted by Crippen LogP contribution is 2.35. The Bertz CT molecular complexity index is 1150. The number of carbonyl (C=O) groups excluding carboxylic acids is 2. The average molecular weight is 509 g/mol. The predicted octanol–water partition coefficient (Wildman–Crippen LogP) is 4.44. The van der Waals surface area contributed by atoms with Crippen LogP contribution in [0.25, 0.3) is 0 Å². The molecule has 4 rings (SSSR count). The summed E-state index contributed by atoms with van der Waals surface area (Å²) >= 11 is 1.71. The summed E-state index contributed by atoms with van der Waals surface area (Å²) in [5.74, 6) is 1.03. The molecule has 2 heterocycles. The van der Waals surface area contributed by atoms with E-state index in [9.17, 15) is 9.59 Å². The third-order valence-electron chi connectivity index (χ3n) is 6.29. The second-order valence-electron chi connectivity index (χ2n) is 8.55. The first-order chi connectivity index (χ1) is 17.6. The van der Waals surface area contributed by atoms with Gasteiger partial charge >= 0.3 is 0 Å². The number of hydrogen-bond acceptors (Lipinski definition) is 6. The van der Waals surface area contributed by atoms with E-state index >= 15 is 0 Å². The van der Waals surface area contributed by atoms with Crippen LogP contribution in [0.1, 0.15) is 33.3 Å². The number of rotatable bonds is 11. The quantitative estimate of drug-likeness (QED) is 0.358. The van der Waals surface area contributed by atoms with Crippen molar-refractivity contribution in [3.05, 3.63) is 82.0 Å². The van der Waals surface area contributed by atoms with Gasteiger partial charge in [-0.1, -0.05) is 30.3 Å². The van der Waals surface area contributed by atoms with Crippen LogP contribution in [0.5, 0.6) is 11.5 Å². The van der Waals surface area contributed by atoms with Gasteiger partial charge in [0.1, 0.15) is 13.2 Å². The molecular formula is C28H32N2O5S. The lowest BCUT2D eigenvalue weighted by Crippen LogP contribution is -2.48. The minimum absolute atomic E-state index is 0.00205. The van der Waals surface area contributed by atoms with E-state index in [0.717, 1.165) is 12.0 Å². The lowest BCUT2D eigenvalue weighted by Gasteiger charge is -2.37. The maximum Gasteiger partial charge on any atom is 0.254 e. The number of methoxy groups -OCH3 is 2. The highest BCUT2D eigenvalue weighted by molar-refractivity contribution is 7.10. The van der Waals surface area contributed by atoms with Crippen LogP contribution in [0.15, 0.2) is 66.0 Å². The Balaban J connectivity index is 1.52. The third kappa shape index (κ3) is 6.06. The number of ether oxygens (including phenoxy) is 3. The van der Waals surface area contributed by atoms with Crippen molar-refractivity contribution in [1.82, 2.24) is 9.80 Å². The molecule has 0 fully saturated rings. The van der Waals surface area contributed by atoms with E-state index < -0.39 is 0 Å². The number of amides is 2. The van der Waals surface area contributed by atoms with Crippen LogP contribution < -0.4 is 9.47 Å². The molecule has 0 saturated carbocycles. The second-order valence-corrected chi connectivity index (χ2v) is 9.55. The van der Waals surface area contributed by atoms with Gasteiger partial charge in [0.15, 0.2) is 11.5 Å². The summed E-state index contributed by atoms with van der Waals surface area (Å²) in [6.07, 6.45) is 1.44. The molecule has 0 saturated heterocycles. The van der Waals surface area contributed by atoms with Gasteiger partial charge in [0.05, 0.1) is 13.2 Å².